The molecule has 0 bridgehead atoms. The second kappa shape index (κ2) is 7.20. The molecule has 0 spiro atoms. The molecule has 17 heavy (non-hydrogen) atoms. The van der Waals surface area contributed by atoms with Crippen molar-refractivity contribution < 1.29 is 0 Å². The smallest absolute Gasteiger partial charge is 0.0548 e. The summed E-state index contributed by atoms with van der Waals surface area (Å²) in [5, 5.41) is 4.22. The van der Waals surface area contributed by atoms with Crippen molar-refractivity contribution >= 4 is 33.6 Å². The zero-order valence-corrected chi connectivity index (χ0v) is 12.9. The molecule has 1 atom stereocenters. The summed E-state index contributed by atoms with van der Waals surface area (Å²) in [4.78, 5) is 0. The van der Waals surface area contributed by atoms with E-state index in [0.717, 1.165) is 22.5 Å². The zero-order chi connectivity index (χ0) is 12.8. The molecular weight excluding hydrogens is 298 g/mol. The Labute approximate surface area is 117 Å². The third-order valence-corrected chi connectivity index (χ3v) is 3.94. The van der Waals surface area contributed by atoms with Crippen molar-refractivity contribution in [3.05, 3.63) is 38.8 Å². The minimum absolute atomic E-state index is 0.407. The molecule has 1 rings (SSSR count). The lowest BCUT2D eigenvalue weighted by atomic mass is 10.1. The standard InChI is InChI=1S/C14H19BrClN/c1-4-7-17-11(3)10(2)8-12-5-6-14(16)13(15)9-12/h5-6,8-9,11,17H,4,7H2,1-3H3/b10-8+. The van der Waals surface area contributed by atoms with Crippen LogP contribution in [0.15, 0.2) is 28.2 Å². The molecule has 1 aromatic rings. The van der Waals surface area contributed by atoms with Gasteiger partial charge in [-0.2, -0.15) is 0 Å². The van der Waals surface area contributed by atoms with Gasteiger partial charge in [0.25, 0.3) is 0 Å². The van der Waals surface area contributed by atoms with Crippen LogP contribution in [0.2, 0.25) is 5.02 Å². The molecule has 0 amide bonds. The largest absolute Gasteiger partial charge is 0.311 e. The van der Waals surface area contributed by atoms with Crippen molar-refractivity contribution in [1.29, 1.82) is 0 Å². The molecule has 0 heterocycles. The molecule has 0 aliphatic carbocycles. The second-order valence-electron chi connectivity index (χ2n) is 4.24. The molecule has 1 unspecified atom stereocenters. The molecule has 94 valence electrons. The summed E-state index contributed by atoms with van der Waals surface area (Å²) in [5.74, 6) is 0. The Morgan fingerprint density at radius 1 is 1.53 bits per heavy atom. The summed E-state index contributed by atoms with van der Waals surface area (Å²) >= 11 is 9.41. The van der Waals surface area contributed by atoms with Crippen LogP contribution in [0.4, 0.5) is 0 Å². The van der Waals surface area contributed by atoms with E-state index in [9.17, 15) is 0 Å². The Kier molecular flexibility index (Phi) is 6.24. The monoisotopic (exact) mass is 315 g/mol. The summed E-state index contributed by atoms with van der Waals surface area (Å²) in [6.45, 7) is 7.56. The first-order valence-electron chi connectivity index (χ1n) is 5.91. The third kappa shape index (κ3) is 4.82. The maximum atomic E-state index is 5.97. The fourth-order valence-electron chi connectivity index (χ4n) is 1.51. The van der Waals surface area contributed by atoms with E-state index in [1.807, 2.05) is 18.2 Å². The van der Waals surface area contributed by atoms with Crippen LogP contribution in [0.5, 0.6) is 0 Å². The number of benzene rings is 1. The highest BCUT2D eigenvalue weighted by molar-refractivity contribution is 9.10. The van der Waals surface area contributed by atoms with Gasteiger partial charge in [0.2, 0.25) is 0 Å². The van der Waals surface area contributed by atoms with E-state index in [4.69, 9.17) is 11.6 Å². The van der Waals surface area contributed by atoms with Gasteiger partial charge < -0.3 is 5.32 Å². The summed E-state index contributed by atoms with van der Waals surface area (Å²) in [5.41, 5.74) is 2.50. The first-order chi connectivity index (χ1) is 8.04. The van der Waals surface area contributed by atoms with E-state index in [1.54, 1.807) is 0 Å². The van der Waals surface area contributed by atoms with Crippen molar-refractivity contribution in [3.8, 4) is 0 Å². The van der Waals surface area contributed by atoms with Gasteiger partial charge in [0.1, 0.15) is 0 Å². The zero-order valence-electron chi connectivity index (χ0n) is 10.6. The fourth-order valence-corrected chi connectivity index (χ4v) is 2.03. The van der Waals surface area contributed by atoms with Crippen LogP contribution in [0, 0.1) is 0 Å². The summed E-state index contributed by atoms with van der Waals surface area (Å²) in [6.07, 6.45) is 3.35. The van der Waals surface area contributed by atoms with Gasteiger partial charge in [-0.1, -0.05) is 36.2 Å². The molecule has 0 fully saturated rings. The maximum Gasteiger partial charge on any atom is 0.0548 e. The first-order valence-corrected chi connectivity index (χ1v) is 7.08. The molecule has 0 saturated heterocycles. The first kappa shape index (κ1) is 14.7. The molecule has 0 aliphatic rings. The predicted molar refractivity (Wildman–Crippen MR) is 80.6 cm³/mol. The minimum atomic E-state index is 0.407. The van der Waals surface area contributed by atoms with Gasteiger partial charge in [-0.15, -0.1) is 0 Å². The van der Waals surface area contributed by atoms with Gasteiger partial charge in [0, 0.05) is 10.5 Å². The highest BCUT2D eigenvalue weighted by Gasteiger charge is 2.03. The van der Waals surface area contributed by atoms with Crippen LogP contribution in [0.25, 0.3) is 6.08 Å². The van der Waals surface area contributed by atoms with Crippen molar-refractivity contribution in [2.45, 2.75) is 33.2 Å². The molecule has 3 heteroatoms. The van der Waals surface area contributed by atoms with Crippen LogP contribution in [0.1, 0.15) is 32.8 Å². The van der Waals surface area contributed by atoms with Gasteiger partial charge in [-0.05, 0) is 60.4 Å². The number of hydrogen-bond acceptors (Lipinski definition) is 1. The van der Waals surface area contributed by atoms with Gasteiger partial charge in [-0.25, -0.2) is 0 Å². The third-order valence-electron chi connectivity index (χ3n) is 2.72. The van der Waals surface area contributed by atoms with Crippen LogP contribution >= 0.6 is 27.5 Å². The van der Waals surface area contributed by atoms with Gasteiger partial charge in [0.15, 0.2) is 0 Å². The van der Waals surface area contributed by atoms with E-state index in [0.29, 0.717) is 6.04 Å². The van der Waals surface area contributed by atoms with Crippen molar-refractivity contribution in [2.75, 3.05) is 6.54 Å². The van der Waals surface area contributed by atoms with Crippen LogP contribution in [0.3, 0.4) is 0 Å². The Bertz CT molecular complexity index is 401. The molecule has 1 nitrogen and oxygen atoms in total. The fraction of sp³-hybridized carbons (Fsp3) is 0.429. The second-order valence-corrected chi connectivity index (χ2v) is 5.50. The highest BCUT2D eigenvalue weighted by Crippen LogP contribution is 2.24. The molecular formula is C14H19BrClN. The predicted octanol–water partition coefficient (Wildman–Crippen LogP) is 4.89. The van der Waals surface area contributed by atoms with Crippen molar-refractivity contribution in [3.63, 3.8) is 0 Å². The number of halogens is 2. The Morgan fingerprint density at radius 2 is 2.24 bits per heavy atom. The maximum absolute atomic E-state index is 5.97. The highest BCUT2D eigenvalue weighted by atomic mass is 79.9. The van der Waals surface area contributed by atoms with E-state index < -0.39 is 0 Å². The lowest BCUT2D eigenvalue weighted by Gasteiger charge is -2.14. The molecule has 0 aromatic heterocycles. The summed E-state index contributed by atoms with van der Waals surface area (Å²) < 4.78 is 0.940. The normalized spacial score (nSPS) is 13.8. The Balaban J connectivity index is 2.76. The summed E-state index contributed by atoms with van der Waals surface area (Å²) in [7, 11) is 0. The lowest BCUT2D eigenvalue weighted by molar-refractivity contribution is 0.604. The molecule has 0 aliphatic heterocycles. The molecule has 0 radical (unpaired) electrons. The van der Waals surface area contributed by atoms with Gasteiger partial charge in [-0.3, -0.25) is 0 Å². The van der Waals surface area contributed by atoms with E-state index in [1.165, 1.54) is 11.1 Å². The van der Waals surface area contributed by atoms with E-state index in [2.05, 4.69) is 48.1 Å². The lowest BCUT2D eigenvalue weighted by Crippen LogP contribution is -2.27. The van der Waals surface area contributed by atoms with Crippen LogP contribution < -0.4 is 5.32 Å². The molecule has 0 saturated carbocycles. The number of rotatable bonds is 5. The van der Waals surface area contributed by atoms with Gasteiger partial charge in [0.05, 0.1) is 5.02 Å². The number of nitrogens with one attached hydrogen (secondary N) is 1. The van der Waals surface area contributed by atoms with Crippen LogP contribution in [-0.4, -0.2) is 12.6 Å². The minimum Gasteiger partial charge on any atom is -0.311 e. The SMILES string of the molecule is CCCNC(C)/C(C)=C/c1ccc(Cl)c(Br)c1. The molecule has 1 N–H and O–H groups in total. The van der Waals surface area contributed by atoms with Crippen LogP contribution in [-0.2, 0) is 0 Å². The van der Waals surface area contributed by atoms with Crippen molar-refractivity contribution in [1.82, 2.24) is 5.32 Å². The van der Waals surface area contributed by atoms with E-state index >= 15 is 0 Å². The molecule has 1 aromatic carbocycles. The van der Waals surface area contributed by atoms with Gasteiger partial charge >= 0.3 is 0 Å². The average molecular weight is 317 g/mol. The quantitative estimate of drug-likeness (QED) is 0.815. The topological polar surface area (TPSA) is 12.0 Å². The number of hydrogen-bond donors (Lipinski definition) is 1. The van der Waals surface area contributed by atoms with Crippen molar-refractivity contribution in [2.24, 2.45) is 0 Å². The Morgan fingerprint density at radius 3 is 2.82 bits per heavy atom. The van der Waals surface area contributed by atoms with E-state index in [-0.39, 0.29) is 0 Å². The average Bonchev–Trinajstić information content (AvgIpc) is 2.30. The Hall–Kier alpha value is -0.310. The summed E-state index contributed by atoms with van der Waals surface area (Å²) in [6, 6.07) is 6.39.